The first-order chi connectivity index (χ1) is 11.6. The van der Waals surface area contributed by atoms with Crippen LogP contribution in [0.25, 0.3) is 0 Å². The van der Waals surface area contributed by atoms with Crippen LogP contribution in [0, 0.1) is 0 Å². The summed E-state index contributed by atoms with van der Waals surface area (Å²) in [6, 6.07) is 9.04. The number of ether oxygens (including phenoxy) is 2. The number of halogens is 1. The molecule has 2 heterocycles. The predicted octanol–water partition coefficient (Wildman–Crippen LogP) is 2.65. The second-order valence-electron chi connectivity index (χ2n) is 5.25. The van der Waals surface area contributed by atoms with E-state index in [2.05, 4.69) is 6.58 Å². The summed E-state index contributed by atoms with van der Waals surface area (Å²) in [7, 11) is 0. The number of hydrogen-bond donors (Lipinski definition) is 0. The van der Waals surface area contributed by atoms with Crippen molar-refractivity contribution >= 4 is 23.6 Å². The molecule has 2 aliphatic heterocycles. The maximum atomic E-state index is 14.8. The molecule has 126 valence electrons. The number of thioether (sulfide) groups is 1. The number of para-hydroxylation sites is 1. The van der Waals surface area contributed by atoms with Gasteiger partial charge in [-0.15, -0.1) is 11.8 Å². The number of hydrogen-bond acceptors (Lipinski definition) is 5. The molecule has 24 heavy (non-hydrogen) atoms. The van der Waals surface area contributed by atoms with Crippen molar-refractivity contribution < 1.29 is 23.5 Å². The van der Waals surface area contributed by atoms with Crippen molar-refractivity contribution in [2.24, 2.45) is 0 Å². The summed E-state index contributed by atoms with van der Waals surface area (Å²) in [4.78, 5) is 25.0. The number of fused-ring (bicyclic) bond motifs is 1. The Morgan fingerprint density at radius 1 is 1.42 bits per heavy atom. The Kier molecular flexibility index (Phi) is 4.89. The van der Waals surface area contributed by atoms with E-state index in [0.717, 1.165) is 0 Å². The molecule has 3 rings (SSSR count). The average molecular weight is 349 g/mol. The molecule has 0 N–H and O–H groups in total. The van der Waals surface area contributed by atoms with Gasteiger partial charge in [0.2, 0.25) is 5.91 Å². The van der Waals surface area contributed by atoms with Gasteiger partial charge in [0.15, 0.2) is 5.70 Å². The largest absolute Gasteiger partial charge is 0.492 e. The van der Waals surface area contributed by atoms with Gasteiger partial charge in [0.25, 0.3) is 0 Å². The minimum Gasteiger partial charge on any atom is -0.492 e. The van der Waals surface area contributed by atoms with E-state index in [-0.39, 0.29) is 36.6 Å². The quantitative estimate of drug-likeness (QED) is 0.449. The summed E-state index contributed by atoms with van der Waals surface area (Å²) in [5.74, 6) is -1.20. The standard InChI is InChI=1S/C17H16FNO4S/c1-2-8-22-17(21)16-15(18)12(24-14-9-13(20)19(14)16)10-23-11-6-4-3-5-7-11/h2-7,12,14H,1,8-10H2/t12?,14-/m1/s1. The van der Waals surface area contributed by atoms with Crippen LogP contribution >= 0.6 is 11.8 Å². The molecule has 2 atom stereocenters. The van der Waals surface area contributed by atoms with Gasteiger partial charge >= 0.3 is 5.97 Å². The highest BCUT2D eigenvalue weighted by Gasteiger charge is 2.49. The summed E-state index contributed by atoms with van der Waals surface area (Å²) in [6.45, 7) is 3.47. The van der Waals surface area contributed by atoms with Crippen molar-refractivity contribution in [3.8, 4) is 5.75 Å². The Bertz CT molecular complexity index is 691. The van der Waals surface area contributed by atoms with Crippen LogP contribution in [-0.2, 0) is 14.3 Å². The summed E-state index contributed by atoms with van der Waals surface area (Å²) in [6.07, 6.45) is 1.66. The molecule has 2 aliphatic rings. The van der Waals surface area contributed by atoms with Crippen LogP contribution in [0.15, 0.2) is 54.5 Å². The van der Waals surface area contributed by atoms with Gasteiger partial charge in [0, 0.05) is 0 Å². The number of carbonyl (C=O) groups is 2. The summed E-state index contributed by atoms with van der Waals surface area (Å²) < 4.78 is 25.3. The third-order valence-electron chi connectivity index (χ3n) is 3.65. The van der Waals surface area contributed by atoms with Crippen LogP contribution in [0.2, 0.25) is 0 Å². The lowest BCUT2D eigenvalue weighted by Gasteiger charge is -2.45. The van der Waals surface area contributed by atoms with Crippen LogP contribution in [0.5, 0.6) is 5.75 Å². The van der Waals surface area contributed by atoms with Crippen LogP contribution in [0.4, 0.5) is 4.39 Å². The highest BCUT2D eigenvalue weighted by molar-refractivity contribution is 8.00. The van der Waals surface area contributed by atoms with Crippen molar-refractivity contribution in [3.63, 3.8) is 0 Å². The fraction of sp³-hybridized carbons (Fsp3) is 0.294. The first kappa shape index (κ1) is 16.6. The lowest BCUT2D eigenvalue weighted by atomic mass is 10.1. The molecule has 7 heteroatoms. The van der Waals surface area contributed by atoms with Crippen molar-refractivity contribution in [1.82, 2.24) is 4.90 Å². The zero-order valence-electron chi connectivity index (χ0n) is 12.8. The van der Waals surface area contributed by atoms with Gasteiger partial charge in [-0.05, 0) is 12.1 Å². The molecule has 1 aromatic carbocycles. The Morgan fingerprint density at radius 3 is 2.83 bits per heavy atom. The number of benzene rings is 1. The van der Waals surface area contributed by atoms with Gasteiger partial charge in [0.05, 0.1) is 17.0 Å². The van der Waals surface area contributed by atoms with E-state index in [1.807, 2.05) is 18.2 Å². The molecule has 1 amide bonds. The third kappa shape index (κ3) is 3.17. The maximum Gasteiger partial charge on any atom is 0.358 e. The lowest BCUT2D eigenvalue weighted by molar-refractivity contribution is -0.149. The number of esters is 1. The van der Waals surface area contributed by atoms with E-state index in [0.29, 0.717) is 5.75 Å². The minimum atomic E-state index is -0.851. The molecular weight excluding hydrogens is 333 g/mol. The van der Waals surface area contributed by atoms with E-state index >= 15 is 0 Å². The Morgan fingerprint density at radius 2 is 2.17 bits per heavy atom. The monoisotopic (exact) mass is 349 g/mol. The molecule has 1 saturated heterocycles. The average Bonchev–Trinajstić information content (AvgIpc) is 2.59. The van der Waals surface area contributed by atoms with Crippen molar-refractivity contribution in [2.45, 2.75) is 17.0 Å². The molecular formula is C17H16FNO4S. The number of amides is 1. The number of nitrogens with zero attached hydrogens (tertiary/aromatic N) is 1. The lowest BCUT2D eigenvalue weighted by Crippen LogP contribution is -2.55. The molecule has 1 unspecified atom stereocenters. The summed E-state index contributed by atoms with van der Waals surface area (Å²) in [5, 5.41) is -0.918. The molecule has 1 fully saturated rings. The highest BCUT2D eigenvalue weighted by Crippen LogP contribution is 2.44. The predicted molar refractivity (Wildman–Crippen MR) is 87.9 cm³/mol. The van der Waals surface area contributed by atoms with E-state index in [9.17, 15) is 14.0 Å². The Labute approximate surface area is 143 Å². The van der Waals surface area contributed by atoms with Gasteiger partial charge in [-0.2, -0.15) is 0 Å². The van der Waals surface area contributed by atoms with E-state index in [1.165, 1.54) is 22.7 Å². The minimum absolute atomic E-state index is 0.0410. The molecule has 0 bridgehead atoms. The molecule has 0 saturated carbocycles. The molecule has 0 aliphatic carbocycles. The SMILES string of the molecule is C=CCOC(=O)C1=C(F)C(COc2ccccc2)S[C@@H]2CC(=O)N12. The van der Waals surface area contributed by atoms with Gasteiger partial charge in [0.1, 0.15) is 24.8 Å². The van der Waals surface area contributed by atoms with Crippen LogP contribution in [-0.4, -0.2) is 40.6 Å². The third-order valence-corrected chi connectivity index (χ3v) is 5.01. The Balaban J connectivity index is 1.78. The van der Waals surface area contributed by atoms with Gasteiger partial charge in [-0.25, -0.2) is 9.18 Å². The van der Waals surface area contributed by atoms with Crippen molar-refractivity contribution in [3.05, 3.63) is 54.5 Å². The molecule has 0 spiro atoms. The van der Waals surface area contributed by atoms with E-state index < -0.39 is 17.0 Å². The number of rotatable bonds is 6. The number of β-lactam (4-membered cyclic amide) rings is 1. The fourth-order valence-electron chi connectivity index (χ4n) is 2.48. The maximum absolute atomic E-state index is 14.8. The highest BCUT2D eigenvalue weighted by atomic mass is 32.2. The summed E-state index contributed by atoms with van der Waals surface area (Å²) >= 11 is 1.28. The normalized spacial score (nSPS) is 22.5. The van der Waals surface area contributed by atoms with E-state index in [1.54, 1.807) is 12.1 Å². The second kappa shape index (κ2) is 7.09. The van der Waals surface area contributed by atoms with Gasteiger partial charge in [-0.1, -0.05) is 30.9 Å². The zero-order chi connectivity index (χ0) is 17.1. The van der Waals surface area contributed by atoms with Gasteiger partial charge < -0.3 is 9.47 Å². The van der Waals surface area contributed by atoms with Crippen LogP contribution in [0.1, 0.15) is 6.42 Å². The first-order valence-corrected chi connectivity index (χ1v) is 8.39. The number of carbonyl (C=O) groups excluding carboxylic acids is 2. The second-order valence-corrected chi connectivity index (χ2v) is 6.64. The molecule has 0 aromatic heterocycles. The topological polar surface area (TPSA) is 55.8 Å². The molecule has 1 aromatic rings. The van der Waals surface area contributed by atoms with Crippen LogP contribution < -0.4 is 4.74 Å². The molecule has 5 nitrogen and oxygen atoms in total. The summed E-state index contributed by atoms with van der Waals surface area (Å²) in [5.41, 5.74) is -0.307. The van der Waals surface area contributed by atoms with Crippen LogP contribution in [0.3, 0.4) is 0 Å². The van der Waals surface area contributed by atoms with Crippen molar-refractivity contribution in [2.75, 3.05) is 13.2 Å². The van der Waals surface area contributed by atoms with E-state index in [4.69, 9.17) is 9.47 Å². The first-order valence-electron chi connectivity index (χ1n) is 7.45. The Hall–Kier alpha value is -2.28. The smallest absolute Gasteiger partial charge is 0.358 e. The molecule has 0 radical (unpaired) electrons. The fourth-order valence-corrected chi connectivity index (χ4v) is 3.82. The zero-order valence-corrected chi connectivity index (χ0v) is 13.6. The van der Waals surface area contributed by atoms with Gasteiger partial charge in [-0.3, -0.25) is 9.69 Å². The van der Waals surface area contributed by atoms with Crippen molar-refractivity contribution in [1.29, 1.82) is 0 Å².